The minimum Gasteiger partial charge on any atom is -0.547 e. The smallest absolute Gasteiger partial charge is 0.0248 e. The zero-order valence-corrected chi connectivity index (χ0v) is 7.45. The predicted molar refractivity (Wildman–Crippen MR) is 25.6 cm³/mol. The Kier molecular flexibility index (Phi) is 2.07. The molecule has 2 aliphatic heterocycles. The molecular weight excluding hydrogens is 274 g/mol. The molecule has 0 aromatic carbocycles. The summed E-state index contributed by atoms with van der Waals surface area (Å²) in [5, 5.41) is 3.29. The van der Waals surface area contributed by atoms with E-state index in [1.165, 1.54) is 12.5 Å². The molecule has 0 aliphatic carbocycles. The van der Waals surface area contributed by atoms with Crippen molar-refractivity contribution in [2.75, 3.05) is 13.2 Å². The van der Waals surface area contributed by atoms with E-state index in [9.17, 15) is 0 Å². The fourth-order valence-electron chi connectivity index (χ4n) is 1.12. The van der Waals surface area contributed by atoms with E-state index in [1.54, 1.807) is 0 Å². The average Bonchev–Trinajstić information content (AvgIpc) is 2.22. The van der Waals surface area contributed by atoms with E-state index >= 15 is 0 Å². The van der Waals surface area contributed by atoms with Crippen LogP contribution in [0.15, 0.2) is 0 Å². The fourth-order valence-corrected chi connectivity index (χ4v) is 1.12. The number of hydrogen-bond acceptors (Lipinski definition) is 2. The molecule has 1 unspecified atom stereocenters. The number of fused-ring (bicyclic) bond motifs is 2. The molecule has 0 saturated carbocycles. The Morgan fingerprint density at radius 2 is 2.50 bits per heavy atom. The van der Waals surface area contributed by atoms with Crippen molar-refractivity contribution >= 4 is 0 Å². The summed E-state index contributed by atoms with van der Waals surface area (Å²) < 4.78 is 5.21. The standard InChI is InChI=1S/C5H8NO.W/c1-4-3-7-5(1)2-6-4;/h4,6H,1-3H2;/q-1;. The fraction of sp³-hybridized carbons (Fsp3) is 0.800. The molecule has 2 fully saturated rings. The minimum atomic E-state index is 0. The van der Waals surface area contributed by atoms with Crippen molar-refractivity contribution in [2.45, 2.75) is 12.5 Å². The summed E-state index contributed by atoms with van der Waals surface area (Å²) in [6.45, 7) is 1.92. The van der Waals surface area contributed by atoms with Gasteiger partial charge in [0.25, 0.3) is 0 Å². The van der Waals surface area contributed by atoms with Gasteiger partial charge in [-0.05, 0) is 6.04 Å². The van der Waals surface area contributed by atoms with Gasteiger partial charge in [0.15, 0.2) is 0 Å². The largest absolute Gasteiger partial charge is 0.547 e. The summed E-state index contributed by atoms with van der Waals surface area (Å²) in [7, 11) is 0. The third-order valence-electron chi connectivity index (χ3n) is 1.55. The maximum Gasteiger partial charge on any atom is 0.0248 e. The quantitative estimate of drug-likeness (QED) is 0.627. The third-order valence-corrected chi connectivity index (χ3v) is 1.55. The molecule has 0 amide bonds. The Labute approximate surface area is 63.2 Å². The van der Waals surface area contributed by atoms with Crippen molar-refractivity contribution in [3.8, 4) is 0 Å². The summed E-state index contributed by atoms with van der Waals surface area (Å²) in [6, 6.07) is 0.662. The topological polar surface area (TPSA) is 21.3 Å². The van der Waals surface area contributed by atoms with Gasteiger partial charge in [-0.25, -0.2) is 0 Å². The molecule has 0 aromatic heterocycles. The molecule has 2 heterocycles. The second kappa shape index (κ2) is 2.47. The Hall–Kier alpha value is 0.608. The third kappa shape index (κ3) is 0.974. The van der Waals surface area contributed by atoms with E-state index in [1.807, 2.05) is 0 Å². The molecule has 0 spiro atoms. The Morgan fingerprint density at radius 1 is 1.62 bits per heavy atom. The van der Waals surface area contributed by atoms with Crippen LogP contribution in [0.3, 0.4) is 0 Å². The maximum absolute atomic E-state index is 5.21. The summed E-state index contributed by atoms with van der Waals surface area (Å²) >= 11 is 0. The molecule has 2 bridgehead atoms. The van der Waals surface area contributed by atoms with Crippen LogP contribution in [0.25, 0.3) is 0 Å². The van der Waals surface area contributed by atoms with Crippen LogP contribution < -0.4 is 5.32 Å². The van der Waals surface area contributed by atoms with Crippen molar-refractivity contribution in [2.24, 2.45) is 0 Å². The second-order valence-electron chi connectivity index (χ2n) is 2.13. The first kappa shape index (κ1) is 6.72. The van der Waals surface area contributed by atoms with Gasteiger partial charge in [-0.3, -0.25) is 0 Å². The molecule has 1 N–H and O–H groups in total. The van der Waals surface area contributed by atoms with Gasteiger partial charge in [0.2, 0.25) is 0 Å². The Bertz CT molecular complexity index is 70.5. The zero-order valence-electron chi connectivity index (χ0n) is 4.52. The first-order valence-electron chi connectivity index (χ1n) is 2.66. The summed E-state index contributed by atoms with van der Waals surface area (Å²) in [5.74, 6) is 0. The van der Waals surface area contributed by atoms with E-state index in [0.717, 1.165) is 13.2 Å². The Balaban J connectivity index is 0.000000320. The zero-order chi connectivity index (χ0) is 4.69. The molecule has 0 radical (unpaired) electrons. The van der Waals surface area contributed by atoms with Crippen LogP contribution >= 0.6 is 0 Å². The van der Waals surface area contributed by atoms with Gasteiger partial charge in [-0.15, -0.1) is 13.0 Å². The predicted octanol–water partition coefficient (Wildman–Crippen LogP) is -0.0920. The van der Waals surface area contributed by atoms with Crippen LogP contribution in [0.4, 0.5) is 0 Å². The maximum atomic E-state index is 5.21. The number of nitrogens with one attached hydrogen (secondary N) is 1. The first-order valence-corrected chi connectivity index (χ1v) is 2.66. The van der Waals surface area contributed by atoms with Crippen LogP contribution in [0, 0.1) is 6.10 Å². The van der Waals surface area contributed by atoms with Gasteiger partial charge in [-0.2, -0.15) is 6.10 Å². The summed E-state index contributed by atoms with van der Waals surface area (Å²) in [6.07, 6.45) is 2.42. The molecule has 2 nitrogen and oxygen atoms in total. The van der Waals surface area contributed by atoms with Crippen LogP contribution in [0.1, 0.15) is 6.42 Å². The molecule has 2 saturated heterocycles. The molecule has 46 valence electrons. The van der Waals surface area contributed by atoms with E-state index in [2.05, 4.69) is 5.32 Å². The number of morpholine rings is 1. The van der Waals surface area contributed by atoms with Gasteiger partial charge in [0.05, 0.1) is 0 Å². The molecular formula is C5H8NOW-. The van der Waals surface area contributed by atoms with Gasteiger partial charge in [0, 0.05) is 27.7 Å². The van der Waals surface area contributed by atoms with Crippen molar-refractivity contribution < 1.29 is 25.8 Å². The Morgan fingerprint density at radius 3 is 2.62 bits per heavy atom. The van der Waals surface area contributed by atoms with Crippen LogP contribution in [-0.2, 0) is 25.8 Å². The van der Waals surface area contributed by atoms with Crippen LogP contribution in [0.5, 0.6) is 0 Å². The summed E-state index contributed by atoms with van der Waals surface area (Å²) in [4.78, 5) is 0. The van der Waals surface area contributed by atoms with Crippen LogP contribution in [-0.4, -0.2) is 19.2 Å². The van der Waals surface area contributed by atoms with Crippen LogP contribution in [0.2, 0.25) is 0 Å². The molecule has 1 atom stereocenters. The number of ether oxygens (including phenoxy) is 1. The van der Waals surface area contributed by atoms with Crippen molar-refractivity contribution in [1.29, 1.82) is 0 Å². The van der Waals surface area contributed by atoms with Gasteiger partial charge in [-0.1, -0.05) is 0 Å². The van der Waals surface area contributed by atoms with E-state index in [0.29, 0.717) is 6.04 Å². The van der Waals surface area contributed by atoms with Gasteiger partial charge < -0.3 is 10.1 Å². The van der Waals surface area contributed by atoms with Crippen molar-refractivity contribution in [3.05, 3.63) is 6.10 Å². The summed E-state index contributed by atoms with van der Waals surface area (Å²) in [5.41, 5.74) is 0. The number of hydrogen-bond donors (Lipinski definition) is 1. The molecule has 2 aliphatic rings. The van der Waals surface area contributed by atoms with E-state index < -0.39 is 0 Å². The molecule has 3 heteroatoms. The molecule has 8 heavy (non-hydrogen) atoms. The first-order chi connectivity index (χ1) is 3.45. The SMILES string of the molecule is C1NC2CO[C-]1C2.[W]. The minimum absolute atomic E-state index is 0. The number of rotatable bonds is 0. The normalized spacial score (nSPS) is 35.2. The van der Waals surface area contributed by atoms with Gasteiger partial charge in [0.1, 0.15) is 0 Å². The average molecular weight is 282 g/mol. The monoisotopic (exact) mass is 282 g/mol. The molecule has 0 aromatic rings. The van der Waals surface area contributed by atoms with Crippen molar-refractivity contribution in [3.63, 3.8) is 0 Å². The van der Waals surface area contributed by atoms with Crippen molar-refractivity contribution in [1.82, 2.24) is 5.32 Å². The van der Waals surface area contributed by atoms with Gasteiger partial charge >= 0.3 is 0 Å². The van der Waals surface area contributed by atoms with E-state index in [-0.39, 0.29) is 21.1 Å². The second-order valence-corrected chi connectivity index (χ2v) is 2.13. The van der Waals surface area contributed by atoms with E-state index in [4.69, 9.17) is 4.74 Å². The molecule has 2 rings (SSSR count).